The molecule has 1 aromatic heterocycles. The van der Waals surface area contributed by atoms with E-state index >= 15 is 0 Å². The standard InChI is InChI=1S/C8H8ClFN2O/c9-5-4-8(13)12-7-3-1-2-6(10)11-7/h1-3H,4-5H2,(H,11,12,13). The molecule has 0 radical (unpaired) electrons. The molecular formula is C8H8ClFN2O. The zero-order valence-electron chi connectivity index (χ0n) is 6.76. The van der Waals surface area contributed by atoms with E-state index in [9.17, 15) is 9.18 Å². The molecule has 0 unspecified atom stereocenters. The summed E-state index contributed by atoms with van der Waals surface area (Å²) in [5, 5.41) is 2.41. The number of rotatable bonds is 3. The van der Waals surface area contributed by atoms with E-state index in [1.807, 2.05) is 0 Å². The molecule has 0 aliphatic heterocycles. The van der Waals surface area contributed by atoms with Gasteiger partial charge < -0.3 is 5.32 Å². The molecule has 0 spiro atoms. The number of nitrogens with one attached hydrogen (secondary N) is 1. The summed E-state index contributed by atoms with van der Waals surface area (Å²) in [5.41, 5.74) is 0. The van der Waals surface area contributed by atoms with E-state index < -0.39 is 5.95 Å². The average molecular weight is 203 g/mol. The summed E-state index contributed by atoms with van der Waals surface area (Å²) in [4.78, 5) is 14.4. The molecule has 0 saturated heterocycles. The van der Waals surface area contributed by atoms with Gasteiger partial charge in [0.2, 0.25) is 11.9 Å². The maximum atomic E-state index is 12.5. The van der Waals surface area contributed by atoms with E-state index in [1.54, 1.807) is 0 Å². The largest absolute Gasteiger partial charge is 0.311 e. The molecule has 70 valence electrons. The average Bonchev–Trinajstić information content (AvgIpc) is 2.04. The predicted octanol–water partition coefficient (Wildman–Crippen LogP) is 1.79. The van der Waals surface area contributed by atoms with Gasteiger partial charge in [-0.1, -0.05) is 6.07 Å². The van der Waals surface area contributed by atoms with Crippen LogP contribution in [-0.4, -0.2) is 16.8 Å². The van der Waals surface area contributed by atoms with Gasteiger partial charge in [0.15, 0.2) is 0 Å². The molecule has 13 heavy (non-hydrogen) atoms. The number of carbonyl (C=O) groups excluding carboxylic acids is 1. The van der Waals surface area contributed by atoms with Crippen molar-refractivity contribution < 1.29 is 9.18 Å². The van der Waals surface area contributed by atoms with Crippen molar-refractivity contribution in [1.82, 2.24) is 4.98 Å². The van der Waals surface area contributed by atoms with Gasteiger partial charge >= 0.3 is 0 Å². The number of anilines is 1. The van der Waals surface area contributed by atoms with Gasteiger partial charge in [-0.2, -0.15) is 4.39 Å². The van der Waals surface area contributed by atoms with Gasteiger partial charge in [-0.15, -0.1) is 11.6 Å². The fraction of sp³-hybridized carbons (Fsp3) is 0.250. The topological polar surface area (TPSA) is 42.0 Å². The highest BCUT2D eigenvalue weighted by Crippen LogP contribution is 2.03. The van der Waals surface area contributed by atoms with Gasteiger partial charge in [-0.3, -0.25) is 4.79 Å². The monoisotopic (exact) mass is 202 g/mol. The highest BCUT2D eigenvalue weighted by atomic mass is 35.5. The second-order valence-electron chi connectivity index (χ2n) is 2.33. The summed E-state index contributed by atoms with van der Waals surface area (Å²) in [6, 6.07) is 4.19. The van der Waals surface area contributed by atoms with Crippen molar-refractivity contribution in [2.75, 3.05) is 11.2 Å². The highest BCUT2D eigenvalue weighted by Gasteiger charge is 2.02. The summed E-state index contributed by atoms with van der Waals surface area (Å²) in [6.07, 6.45) is 0.194. The number of carbonyl (C=O) groups is 1. The third-order valence-corrected chi connectivity index (χ3v) is 1.49. The van der Waals surface area contributed by atoms with Crippen LogP contribution in [0.5, 0.6) is 0 Å². The highest BCUT2D eigenvalue weighted by molar-refractivity contribution is 6.19. The smallest absolute Gasteiger partial charge is 0.226 e. The summed E-state index contributed by atoms with van der Waals surface area (Å²) in [7, 11) is 0. The van der Waals surface area contributed by atoms with Crippen LogP contribution in [0.2, 0.25) is 0 Å². The van der Waals surface area contributed by atoms with Crippen molar-refractivity contribution >= 4 is 23.3 Å². The Morgan fingerprint density at radius 1 is 1.62 bits per heavy atom. The van der Waals surface area contributed by atoms with Crippen LogP contribution in [0.15, 0.2) is 18.2 Å². The number of aromatic nitrogens is 1. The summed E-state index contributed by atoms with van der Waals surface area (Å²) < 4.78 is 12.5. The summed E-state index contributed by atoms with van der Waals surface area (Å²) in [6.45, 7) is 0. The van der Waals surface area contributed by atoms with Gasteiger partial charge in [-0.05, 0) is 12.1 Å². The van der Waals surface area contributed by atoms with Gasteiger partial charge in [0.05, 0.1) is 0 Å². The lowest BCUT2D eigenvalue weighted by Crippen LogP contribution is -2.12. The number of amides is 1. The number of nitrogens with zero attached hydrogens (tertiary/aromatic N) is 1. The molecule has 0 aliphatic rings. The second kappa shape index (κ2) is 4.77. The Kier molecular flexibility index (Phi) is 3.64. The lowest BCUT2D eigenvalue weighted by molar-refractivity contribution is -0.115. The number of hydrogen-bond donors (Lipinski definition) is 1. The lowest BCUT2D eigenvalue weighted by atomic mass is 10.4. The van der Waals surface area contributed by atoms with Crippen LogP contribution in [0.4, 0.5) is 10.2 Å². The van der Waals surface area contributed by atoms with E-state index in [4.69, 9.17) is 11.6 Å². The number of halogens is 2. The van der Waals surface area contributed by atoms with Crippen molar-refractivity contribution in [2.24, 2.45) is 0 Å². The normalized spacial score (nSPS) is 9.69. The predicted molar refractivity (Wildman–Crippen MR) is 48.2 cm³/mol. The summed E-state index contributed by atoms with van der Waals surface area (Å²) >= 11 is 5.34. The van der Waals surface area contributed by atoms with Crippen molar-refractivity contribution in [3.05, 3.63) is 24.1 Å². The Balaban J connectivity index is 2.58. The Bertz CT molecular complexity index is 306. The molecule has 1 aromatic rings. The Hall–Kier alpha value is -1.16. The lowest BCUT2D eigenvalue weighted by Gasteiger charge is -2.01. The van der Waals surface area contributed by atoms with E-state index in [2.05, 4.69) is 10.3 Å². The van der Waals surface area contributed by atoms with Crippen LogP contribution in [0.25, 0.3) is 0 Å². The SMILES string of the molecule is O=C(CCCl)Nc1cccc(F)n1. The minimum atomic E-state index is -0.622. The zero-order valence-corrected chi connectivity index (χ0v) is 7.51. The first-order valence-corrected chi connectivity index (χ1v) is 4.24. The van der Waals surface area contributed by atoms with Gasteiger partial charge in [0.1, 0.15) is 5.82 Å². The number of pyridine rings is 1. The third-order valence-electron chi connectivity index (χ3n) is 1.30. The fourth-order valence-corrected chi connectivity index (χ4v) is 0.941. The van der Waals surface area contributed by atoms with E-state index in [-0.39, 0.29) is 24.0 Å². The summed E-state index contributed by atoms with van der Waals surface area (Å²) in [5.74, 6) is -0.451. The molecule has 0 aliphatic carbocycles. The molecule has 0 saturated carbocycles. The number of hydrogen-bond acceptors (Lipinski definition) is 2. The van der Waals surface area contributed by atoms with Gasteiger partial charge in [0, 0.05) is 12.3 Å². The Morgan fingerprint density at radius 3 is 3.00 bits per heavy atom. The van der Waals surface area contributed by atoms with Crippen molar-refractivity contribution in [3.8, 4) is 0 Å². The Labute approximate surface area is 79.9 Å². The molecule has 3 nitrogen and oxygen atoms in total. The zero-order chi connectivity index (χ0) is 9.68. The molecular weight excluding hydrogens is 195 g/mol. The second-order valence-corrected chi connectivity index (χ2v) is 2.71. The van der Waals surface area contributed by atoms with Crippen molar-refractivity contribution in [2.45, 2.75) is 6.42 Å². The van der Waals surface area contributed by atoms with E-state index in [1.165, 1.54) is 18.2 Å². The molecule has 0 fully saturated rings. The fourth-order valence-electron chi connectivity index (χ4n) is 0.769. The third kappa shape index (κ3) is 3.38. The number of alkyl halides is 1. The minimum Gasteiger partial charge on any atom is -0.311 e. The van der Waals surface area contributed by atoms with Crippen LogP contribution in [0.3, 0.4) is 0 Å². The molecule has 1 heterocycles. The molecule has 5 heteroatoms. The molecule has 0 atom stereocenters. The van der Waals surface area contributed by atoms with Crippen LogP contribution >= 0.6 is 11.6 Å². The van der Waals surface area contributed by atoms with Gasteiger partial charge in [0.25, 0.3) is 0 Å². The van der Waals surface area contributed by atoms with E-state index in [0.717, 1.165) is 0 Å². The maximum Gasteiger partial charge on any atom is 0.226 e. The maximum absolute atomic E-state index is 12.5. The molecule has 1 N–H and O–H groups in total. The molecule has 0 bridgehead atoms. The van der Waals surface area contributed by atoms with Gasteiger partial charge in [-0.25, -0.2) is 4.98 Å². The van der Waals surface area contributed by atoms with E-state index in [0.29, 0.717) is 0 Å². The van der Waals surface area contributed by atoms with Crippen LogP contribution < -0.4 is 5.32 Å². The molecule has 1 amide bonds. The van der Waals surface area contributed by atoms with Crippen molar-refractivity contribution in [3.63, 3.8) is 0 Å². The van der Waals surface area contributed by atoms with Crippen LogP contribution in [-0.2, 0) is 4.79 Å². The minimum absolute atomic E-state index is 0.194. The van der Waals surface area contributed by atoms with Crippen LogP contribution in [0, 0.1) is 5.95 Å². The first kappa shape index (κ1) is 9.92. The quantitative estimate of drug-likeness (QED) is 0.600. The van der Waals surface area contributed by atoms with Crippen molar-refractivity contribution in [1.29, 1.82) is 0 Å². The first-order chi connectivity index (χ1) is 6.22. The Morgan fingerprint density at radius 2 is 2.38 bits per heavy atom. The molecule has 0 aromatic carbocycles. The first-order valence-electron chi connectivity index (χ1n) is 3.71. The molecule has 1 rings (SSSR count). The van der Waals surface area contributed by atoms with Crippen LogP contribution in [0.1, 0.15) is 6.42 Å².